The van der Waals surface area contributed by atoms with Crippen molar-refractivity contribution in [3.8, 4) is 5.75 Å². The van der Waals surface area contributed by atoms with Gasteiger partial charge in [-0.15, -0.1) is 0 Å². The lowest BCUT2D eigenvalue weighted by molar-refractivity contribution is 0.323. The summed E-state index contributed by atoms with van der Waals surface area (Å²) in [5, 5.41) is 3.17. The summed E-state index contributed by atoms with van der Waals surface area (Å²) >= 11 is 0. The van der Waals surface area contributed by atoms with Crippen LogP contribution in [0.5, 0.6) is 5.75 Å². The molecule has 86 valence electrons. The fourth-order valence-corrected chi connectivity index (χ4v) is 1.56. The Morgan fingerprint density at radius 2 is 2.19 bits per heavy atom. The van der Waals surface area contributed by atoms with Gasteiger partial charge in [0.2, 0.25) is 0 Å². The van der Waals surface area contributed by atoms with E-state index in [1.54, 1.807) is 0 Å². The minimum Gasteiger partial charge on any atom is -0.486 e. The second-order valence-electron chi connectivity index (χ2n) is 3.68. The molecule has 1 aliphatic rings. The van der Waals surface area contributed by atoms with Crippen molar-refractivity contribution < 1.29 is 13.5 Å². The van der Waals surface area contributed by atoms with Crippen LogP contribution in [-0.4, -0.2) is 19.7 Å². The van der Waals surface area contributed by atoms with Gasteiger partial charge in [-0.25, -0.2) is 8.78 Å². The Balaban J connectivity index is 1.98. The Labute approximate surface area is 92.9 Å². The third kappa shape index (κ3) is 2.79. The Morgan fingerprint density at radius 1 is 1.31 bits per heavy atom. The van der Waals surface area contributed by atoms with E-state index in [1.807, 2.05) is 6.08 Å². The molecule has 0 saturated carbocycles. The van der Waals surface area contributed by atoms with Gasteiger partial charge in [0, 0.05) is 12.6 Å². The molecule has 0 unspecified atom stereocenters. The molecule has 1 aromatic carbocycles. The highest BCUT2D eigenvalue weighted by atomic mass is 19.1. The highest BCUT2D eigenvalue weighted by molar-refractivity contribution is 5.25. The van der Waals surface area contributed by atoms with Crippen molar-refractivity contribution in [2.45, 2.75) is 6.42 Å². The van der Waals surface area contributed by atoms with Gasteiger partial charge in [0.15, 0.2) is 11.6 Å². The lowest BCUT2D eigenvalue weighted by atomic mass is 10.1. The summed E-state index contributed by atoms with van der Waals surface area (Å²) in [5.74, 6) is -1.05. The molecule has 4 heteroatoms. The minimum atomic E-state index is -0.532. The van der Waals surface area contributed by atoms with E-state index in [1.165, 1.54) is 0 Å². The van der Waals surface area contributed by atoms with E-state index in [4.69, 9.17) is 4.74 Å². The Kier molecular flexibility index (Phi) is 3.51. The molecule has 0 aliphatic carbocycles. The smallest absolute Gasteiger partial charge is 0.165 e. The molecule has 0 fully saturated rings. The Bertz CT molecular complexity index is 404. The molecule has 1 aromatic rings. The van der Waals surface area contributed by atoms with Crippen LogP contribution >= 0.6 is 0 Å². The van der Waals surface area contributed by atoms with Gasteiger partial charge in [-0.3, -0.25) is 0 Å². The lowest BCUT2D eigenvalue weighted by Gasteiger charge is -2.15. The van der Waals surface area contributed by atoms with Gasteiger partial charge in [0.1, 0.15) is 12.4 Å². The van der Waals surface area contributed by atoms with Crippen LogP contribution in [0.1, 0.15) is 6.42 Å². The maximum absolute atomic E-state index is 13.2. The number of hydrogen-bond acceptors (Lipinski definition) is 2. The van der Waals surface area contributed by atoms with Crippen LogP contribution < -0.4 is 10.1 Å². The normalized spacial score (nSPS) is 15.8. The van der Waals surface area contributed by atoms with Crippen molar-refractivity contribution in [1.29, 1.82) is 0 Å². The first-order valence-corrected chi connectivity index (χ1v) is 5.22. The molecule has 0 amide bonds. The second-order valence-corrected chi connectivity index (χ2v) is 3.68. The summed E-state index contributed by atoms with van der Waals surface area (Å²) in [5.41, 5.74) is 1.11. The van der Waals surface area contributed by atoms with Gasteiger partial charge in [0.25, 0.3) is 0 Å². The zero-order valence-corrected chi connectivity index (χ0v) is 8.80. The highest BCUT2D eigenvalue weighted by Crippen LogP contribution is 2.19. The molecule has 1 aliphatic heterocycles. The molecule has 16 heavy (non-hydrogen) atoms. The third-order valence-corrected chi connectivity index (χ3v) is 2.46. The molecule has 0 bridgehead atoms. The van der Waals surface area contributed by atoms with Crippen molar-refractivity contribution >= 4 is 0 Å². The lowest BCUT2D eigenvalue weighted by Crippen LogP contribution is -2.22. The number of ether oxygens (including phenoxy) is 1. The first-order valence-electron chi connectivity index (χ1n) is 5.22. The summed E-state index contributed by atoms with van der Waals surface area (Å²) in [7, 11) is 0. The summed E-state index contributed by atoms with van der Waals surface area (Å²) in [6, 6.07) is 3.21. The van der Waals surface area contributed by atoms with Gasteiger partial charge in [-0.05, 0) is 30.7 Å². The van der Waals surface area contributed by atoms with Crippen LogP contribution in [0.4, 0.5) is 8.78 Å². The summed E-state index contributed by atoms with van der Waals surface area (Å²) in [4.78, 5) is 0. The molecular formula is C12H13F2NO. The topological polar surface area (TPSA) is 21.3 Å². The maximum atomic E-state index is 13.2. The fourth-order valence-electron chi connectivity index (χ4n) is 1.56. The van der Waals surface area contributed by atoms with Crippen molar-refractivity contribution in [3.05, 3.63) is 41.5 Å². The van der Waals surface area contributed by atoms with Crippen LogP contribution in [0.15, 0.2) is 29.8 Å². The zero-order valence-electron chi connectivity index (χ0n) is 8.80. The molecule has 2 nitrogen and oxygen atoms in total. The predicted molar refractivity (Wildman–Crippen MR) is 57.4 cm³/mol. The van der Waals surface area contributed by atoms with Crippen LogP contribution in [0.25, 0.3) is 0 Å². The van der Waals surface area contributed by atoms with Gasteiger partial charge in [-0.2, -0.15) is 0 Å². The average Bonchev–Trinajstić information content (AvgIpc) is 2.32. The number of rotatable bonds is 3. The minimum absolute atomic E-state index is 0.0283. The number of halogens is 2. The molecular weight excluding hydrogens is 212 g/mol. The maximum Gasteiger partial charge on any atom is 0.165 e. The van der Waals surface area contributed by atoms with E-state index >= 15 is 0 Å². The van der Waals surface area contributed by atoms with E-state index in [9.17, 15) is 8.78 Å². The van der Waals surface area contributed by atoms with E-state index in [0.717, 1.165) is 43.3 Å². The number of nitrogens with one attached hydrogen (secondary N) is 1. The van der Waals surface area contributed by atoms with Gasteiger partial charge < -0.3 is 10.1 Å². The van der Waals surface area contributed by atoms with E-state index in [0.29, 0.717) is 6.61 Å². The monoisotopic (exact) mass is 225 g/mol. The van der Waals surface area contributed by atoms with Gasteiger partial charge in [-0.1, -0.05) is 6.08 Å². The second kappa shape index (κ2) is 5.07. The summed E-state index contributed by atoms with van der Waals surface area (Å²) in [6.07, 6.45) is 2.90. The quantitative estimate of drug-likeness (QED) is 0.797. The molecule has 0 atom stereocenters. The zero-order chi connectivity index (χ0) is 11.4. The van der Waals surface area contributed by atoms with Crippen LogP contribution in [0, 0.1) is 11.6 Å². The Hall–Kier alpha value is -1.42. The SMILES string of the molecule is Fc1ccc(F)c(OCC2=CCNCC2)c1. The van der Waals surface area contributed by atoms with Crippen molar-refractivity contribution in [2.75, 3.05) is 19.7 Å². The standard InChI is InChI=1S/C12H13F2NO/c13-10-1-2-11(14)12(7-10)16-8-9-3-5-15-6-4-9/h1-3,7,15H,4-6,8H2. The molecule has 0 aromatic heterocycles. The summed E-state index contributed by atoms with van der Waals surface area (Å²) in [6.45, 7) is 2.03. The summed E-state index contributed by atoms with van der Waals surface area (Å²) < 4.78 is 31.3. The first kappa shape index (κ1) is 11.1. The number of hydrogen-bond donors (Lipinski definition) is 1. The molecule has 1 N–H and O–H groups in total. The van der Waals surface area contributed by atoms with Gasteiger partial charge in [0.05, 0.1) is 0 Å². The van der Waals surface area contributed by atoms with Crippen molar-refractivity contribution in [3.63, 3.8) is 0 Å². The number of benzene rings is 1. The van der Waals surface area contributed by atoms with E-state index in [2.05, 4.69) is 5.32 Å². The molecule has 0 saturated heterocycles. The molecule has 2 rings (SSSR count). The third-order valence-electron chi connectivity index (χ3n) is 2.46. The van der Waals surface area contributed by atoms with Crippen LogP contribution in [-0.2, 0) is 0 Å². The first-order chi connectivity index (χ1) is 7.75. The van der Waals surface area contributed by atoms with Crippen molar-refractivity contribution in [2.24, 2.45) is 0 Å². The molecule has 0 radical (unpaired) electrons. The Morgan fingerprint density at radius 3 is 2.94 bits per heavy atom. The van der Waals surface area contributed by atoms with E-state index < -0.39 is 11.6 Å². The van der Waals surface area contributed by atoms with E-state index in [-0.39, 0.29) is 5.75 Å². The largest absolute Gasteiger partial charge is 0.486 e. The van der Waals surface area contributed by atoms with Gasteiger partial charge >= 0.3 is 0 Å². The van der Waals surface area contributed by atoms with Crippen LogP contribution in [0.2, 0.25) is 0 Å². The van der Waals surface area contributed by atoms with Crippen LogP contribution in [0.3, 0.4) is 0 Å². The fraction of sp³-hybridized carbons (Fsp3) is 0.333. The molecule has 0 spiro atoms. The average molecular weight is 225 g/mol. The van der Waals surface area contributed by atoms with Crippen molar-refractivity contribution in [1.82, 2.24) is 5.32 Å². The molecule has 1 heterocycles. The predicted octanol–water partition coefficient (Wildman–Crippen LogP) is 2.26. The highest BCUT2D eigenvalue weighted by Gasteiger charge is 2.07.